The second-order valence-electron chi connectivity index (χ2n) is 25.9. The molecule has 1 aliphatic heterocycles. The van der Waals surface area contributed by atoms with Gasteiger partial charge >= 0.3 is 36.2 Å². The summed E-state index contributed by atoms with van der Waals surface area (Å²) in [6.07, 6.45) is 14.7. The number of hydrogen-bond donors (Lipinski definition) is 5. The maximum Gasteiger partial charge on any atom is 0.573 e. The van der Waals surface area contributed by atoms with Crippen LogP contribution in [0, 0.1) is 26.6 Å². The van der Waals surface area contributed by atoms with E-state index < -0.39 is 36.2 Å². The predicted octanol–water partition coefficient (Wildman–Crippen LogP) is 20.9. The Morgan fingerprint density at radius 1 is 0.327 bits per heavy atom. The van der Waals surface area contributed by atoms with E-state index in [2.05, 4.69) is 64.2 Å². The molecule has 0 atom stereocenters. The fourth-order valence-corrected chi connectivity index (χ4v) is 12.2. The molecule has 18 nitrogen and oxygen atoms in total. The molecule has 0 amide bonds. The Morgan fingerprint density at radius 2 is 0.673 bits per heavy atom. The molecule has 10 aromatic carbocycles. The van der Waals surface area contributed by atoms with Crippen LogP contribution in [-0.4, -0.2) is 97.8 Å². The normalized spacial score (nSPS) is 11.2. The molecule has 15 aromatic rings. The summed E-state index contributed by atoms with van der Waals surface area (Å²) >= 11 is 0. The van der Waals surface area contributed by atoms with E-state index in [-0.39, 0.29) is 28.3 Å². The maximum atomic E-state index is 13.5. The van der Waals surface area contributed by atoms with Gasteiger partial charge in [0.2, 0.25) is 0 Å². The predicted molar refractivity (Wildman–Crippen MR) is 423 cm³/mol. The summed E-state index contributed by atoms with van der Waals surface area (Å²) in [5, 5.41) is 44.6. The van der Waals surface area contributed by atoms with Crippen molar-refractivity contribution in [2.75, 3.05) is 13.2 Å². The number of benzene rings is 10. The van der Waals surface area contributed by atoms with Crippen LogP contribution in [0.3, 0.4) is 0 Å². The van der Waals surface area contributed by atoms with Crippen molar-refractivity contribution in [1.29, 1.82) is 0 Å². The molecule has 5 aromatic heterocycles. The summed E-state index contributed by atoms with van der Waals surface area (Å²) in [4.78, 5) is 54.4. The molecule has 0 saturated carbocycles. The zero-order chi connectivity index (χ0) is 79.9. The first-order valence-corrected chi connectivity index (χ1v) is 35.1. The number of para-hydroxylation sites is 1. The highest BCUT2D eigenvalue weighted by Gasteiger charge is 2.31. The van der Waals surface area contributed by atoms with Crippen LogP contribution in [0.4, 0.5) is 17.6 Å². The van der Waals surface area contributed by atoms with Crippen LogP contribution >= 0.6 is 0 Å². The lowest BCUT2D eigenvalue weighted by Crippen LogP contribution is -2.17. The highest BCUT2D eigenvalue weighted by Crippen LogP contribution is 2.34. The average molecular weight is 1520 g/mol. The number of ether oxygens (including phenoxy) is 3. The van der Waals surface area contributed by atoms with Crippen molar-refractivity contribution in [3.05, 3.63) is 373 Å². The van der Waals surface area contributed by atoms with Gasteiger partial charge in [0.25, 0.3) is 0 Å². The maximum absolute atomic E-state index is 13.5. The second-order valence-corrected chi connectivity index (χ2v) is 25.9. The zero-order valence-electron chi connectivity index (χ0n) is 60.8. The standard InChI is InChI=1S/C19H15NO4.C18H12F3NO3.C18H14FNO2.2C18H15NO2/c21-19(22)14-3-1-13(2-4-14)15-7-8-20(12-15)16-5-6-17-18(11-16)24-10-9-23-17;19-18(20,21)25-16-7-5-15(6-8-16)22-10-9-14(11-22)12-1-3-13(4-2-12)17(23)24;1-12-8-16(19)10-17(9-12)20-7-6-15(11-20)13-2-4-14(5-3-13)18(21)22;1-13-3-2-4-17(11-13)19-10-9-16(12-19)14-5-7-15(8-6-14)18(20)21;1-13-4-2-3-5-17(13)19-11-10-16(12-19)14-6-8-15(9-7-14)18(20)21/h1-8,11-12H,9-10H2,(H,21,22);1-11H,(H,23,24);2-11H,1H3,(H,21,22);2*2-12H,1H3,(H,20,21). The van der Waals surface area contributed by atoms with E-state index in [9.17, 15) is 41.5 Å². The summed E-state index contributed by atoms with van der Waals surface area (Å²) in [5.41, 5.74) is 19.0. The number of alkyl halides is 3. The number of aryl methyl sites for hydroxylation is 3. The third kappa shape index (κ3) is 20.3. The van der Waals surface area contributed by atoms with Crippen LogP contribution in [0.25, 0.3) is 84.1 Å². The highest BCUT2D eigenvalue weighted by molar-refractivity contribution is 5.91. The number of hydrogen-bond acceptors (Lipinski definition) is 8. The molecule has 1 aliphatic rings. The number of carboxylic acids is 5. The van der Waals surface area contributed by atoms with Crippen LogP contribution in [0.1, 0.15) is 68.5 Å². The largest absolute Gasteiger partial charge is 0.573 e. The van der Waals surface area contributed by atoms with Gasteiger partial charge in [0.05, 0.1) is 27.8 Å². The summed E-state index contributed by atoms with van der Waals surface area (Å²) in [5.74, 6) is -3.71. The summed E-state index contributed by atoms with van der Waals surface area (Å²) in [7, 11) is 0. The third-order valence-electron chi connectivity index (χ3n) is 18.0. The van der Waals surface area contributed by atoms with Crippen molar-refractivity contribution in [1.82, 2.24) is 22.8 Å². The van der Waals surface area contributed by atoms with Crippen molar-refractivity contribution in [2.45, 2.75) is 27.1 Å². The molecule has 5 N–H and O–H groups in total. The molecule has 113 heavy (non-hydrogen) atoms. The molecule has 0 unspecified atom stereocenters. The number of aromatic carboxylic acids is 5. The molecule has 0 fully saturated rings. The monoisotopic (exact) mass is 1520 g/mol. The molecule has 6 heterocycles. The smallest absolute Gasteiger partial charge is 0.486 e. The van der Waals surface area contributed by atoms with Crippen molar-refractivity contribution in [3.63, 3.8) is 0 Å². The lowest BCUT2D eigenvalue weighted by Gasteiger charge is -2.19. The first-order chi connectivity index (χ1) is 54.3. The van der Waals surface area contributed by atoms with Gasteiger partial charge in [0, 0.05) is 96.5 Å². The number of carbonyl (C=O) groups is 5. The first kappa shape index (κ1) is 77.7. The van der Waals surface area contributed by atoms with Crippen molar-refractivity contribution >= 4 is 29.8 Å². The molecular formula is C91H71F4N5O13. The summed E-state index contributed by atoms with van der Waals surface area (Å²) < 4.78 is 74.7. The Balaban J connectivity index is 0.000000131. The summed E-state index contributed by atoms with van der Waals surface area (Å²) in [6, 6.07) is 76.3. The fraction of sp³-hybridized carbons (Fsp3) is 0.0659. The third-order valence-corrected chi connectivity index (χ3v) is 18.0. The highest BCUT2D eigenvalue weighted by atomic mass is 19.4. The van der Waals surface area contributed by atoms with E-state index in [0.717, 1.165) is 95.4 Å². The number of nitrogens with zero attached hydrogens (tertiary/aromatic N) is 5. The molecule has 0 saturated heterocycles. The second kappa shape index (κ2) is 35.0. The topological polar surface area (TPSA) is 239 Å². The Morgan fingerprint density at radius 3 is 1.05 bits per heavy atom. The Labute approximate surface area is 645 Å². The molecule has 22 heteroatoms. The molecule has 566 valence electrons. The van der Waals surface area contributed by atoms with Crippen LogP contribution in [0.2, 0.25) is 0 Å². The van der Waals surface area contributed by atoms with E-state index in [1.807, 2.05) is 169 Å². The fourth-order valence-electron chi connectivity index (χ4n) is 12.2. The van der Waals surface area contributed by atoms with Gasteiger partial charge in [-0.1, -0.05) is 91.0 Å². The van der Waals surface area contributed by atoms with Crippen LogP contribution in [0.5, 0.6) is 17.2 Å². The van der Waals surface area contributed by atoms with E-state index in [0.29, 0.717) is 30.0 Å². The zero-order valence-corrected chi connectivity index (χ0v) is 60.8. The number of rotatable bonds is 16. The lowest BCUT2D eigenvalue weighted by molar-refractivity contribution is -0.274. The van der Waals surface area contributed by atoms with Gasteiger partial charge in [0.15, 0.2) is 11.5 Å². The Hall–Kier alpha value is -14.9. The van der Waals surface area contributed by atoms with Crippen LogP contribution in [0.15, 0.2) is 323 Å². The molecule has 0 aliphatic carbocycles. The minimum atomic E-state index is -4.72. The number of halogens is 4. The average Bonchev–Trinajstić information content (AvgIpc) is 1.66. The SMILES string of the molecule is Cc1cc(F)cc(-n2ccc(-c3ccc(C(=O)O)cc3)c2)c1.Cc1cccc(-n2ccc(-c3ccc(C(=O)O)cc3)c2)c1.Cc1ccccc1-n1ccc(-c2ccc(C(=O)O)cc2)c1.O=C(O)c1ccc(-c2ccn(-c3ccc(OC(F)(F)F)cc3)c2)cc1.O=C(O)c1ccc(-c2ccn(-c3ccc4c(c3)OCCO4)c2)cc1. The minimum Gasteiger partial charge on any atom is -0.486 e. The summed E-state index contributed by atoms with van der Waals surface area (Å²) in [6.45, 7) is 7.13. The van der Waals surface area contributed by atoms with Crippen molar-refractivity contribution < 1.29 is 81.3 Å². The van der Waals surface area contributed by atoms with Gasteiger partial charge in [0.1, 0.15) is 24.8 Å². The Bertz CT molecular complexity index is 5840. The van der Waals surface area contributed by atoms with E-state index in [4.69, 9.17) is 35.0 Å². The van der Waals surface area contributed by atoms with E-state index in [1.54, 1.807) is 89.8 Å². The van der Waals surface area contributed by atoms with E-state index in [1.165, 1.54) is 59.7 Å². The van der Waals surface area contributed by atoms with Gasteiger partial charge in [-0.2, -0.15) is 0 Å². The first-order valence-electron chi connectivity index (χ1n) is 35.1. The molecule has 0 spiro atoms. The quantitative estimate of drug-likeness (QED) is 0.0567. The van der Waals surface area contributed by atoms with Gasteiger partial charge in [-0.25, -0.2) is 28.4 Å². The number of carboxylic acid groups (broad SMARTS) is 5. The number of fused-ring (bicyclic) bond motifs is 1. The van der Waals surface area contributed by atoms with Crippen LogP contribution in [-0.2, 0) is 0 Å². The molecule has 16 rings (SSSR count). The van der Waals surface area contributed by atoms with Crippen LogP contribution < -0.4 is 14.2 Å². The minimum absolute atomic E-state index is 0.198. The molecule has 0 bridgehead atoms. The van der Waals surface area contributed by atoms with Gasteiger partial charge < -0.3 is 62.6 Å². The van der Waals surface area contributed by atoms with Gasteiger partial charge in [-0.3, -0.25) is 0 Å². The lowest BCUT2D eigenvalue weighted by atomic mass is 10.1. The van der Waals surface area contributed by atoms with Gasteiger partial charge in [-0.05, 0) is 257 Å². The number of aromatic nitrogens is 5. The van der Waals surface area contributed by atoms with Gasteiger partial charge in [-0.15, -0.1) is 13.2 Å². The Kier molecular flexibility index (Phi) is 24.0. The van der Waals surface area contributed by atoms with Crippen molar-refractivity contribution in [3.8, 4) is 101 Å². The molecular weight excluding hydrogens is 1450 g/mol. The van der Waals surface area contributed by atoms with E-state index >= 15 is 0 Å². The van der Waals surface area contributed by atoms with Crippen molar-refractivity contribution in [2.24, 2.45) is 0 Å². The molecule has 0 radical (unpaired) electrons.